The van der Waals surface area contributed by atoms with Gasteiger partial charge in [0.15, 0.2) is 0 Å². The monoisotopic (exact) mass is 118 g/mol. The molecule has 1 fully saturated rings. The lowest BCUT2D eigenvalue weighted by molar-refractivity contribution is 0.174. The van der Waals surface area contributed by atoms with E-state index in [9.17, 15) is 0 Å². The van der Waals surface area contributed by atoms with Crippen molar-refractivity contribution >= 4 is 11.8 Å². The van der Waals surface area contributed by atoms with Gasteiger partial charge in [0.2, 0.25) is 0 Å². The molecule has 0 N–H and O–H groups in total. The van der Waals surface area contributed by atoms with Gasteiger partial charge in [0.25, 0.3) is 0 Å². The highest BCUT2D eigenvalue weighted by Gasteiger charge is 2.12. The van der Waals surface area contributed by atoms with E-state index in [0.29, 0.717) is 5.44 Å². The van der Waals surface area contributed by atoms with Gasteiger partial charge in [0.1, 0.15) is 5.44 Å². The summed E-state index contributed by atoms with van der Waals surface area (Å²) < 4.78 is 5.27. The summed E-state index contributed by atoms with van der Waals surface area (Å²) in [4.78, 5) is 0. The Morgan fingerprint density at radius 3 is 2.86 bits per heavy atom. The van der Waals surface area contributed by atoms with Gasteiger partial charge in [-0.25, -0.2) is 0 Å². The molecule has 0 amide bonds. The van der Waals surface area contributed by atoms with Crippen LogP contribution in [0.15, 0.2) is 0 Å². The smallest absolute Gasteiger partial charge is 0.103 e. The van der Waals surface area contributed by atoms with Gasteiger partial charge < -0.3 is 4.74 Å². The molecule has 0 radical (unpaired) electrons. The quantitative estimate of drug-likeness (QED) is 0.516. The lowest BCUT2D eigenvalue weighted by Crippen LogP contribution is -1.95. The maximum atomic E-state index is 5.27. The molecule has 0 aromatic carbocycles. The highest BCUT2D eigenvalue weighted by molar-refractivity contribution is 7.99. The molecular weight excluding hydrogens is 108 g/mol. The van der Waals surface area contributed by atoms with Crippen molar-refractivity contribution in [1.82, 2.24) is 0 Å². The van der Waals surface area contributed by atoms with Crippen LogP contribution in [-0.4, -0.2) is 18.3 Å². The lowest BCUT2D eigenvalue weighted by Gasteiger charge is -2.01. The van der Waals surface area contributed by atoms with Gasteiger partial charge in [-0.3, -0.25) is 0 Å². The van der Waals surface area contributed by atoms with E-state index in [0.717, 1.165) is 6.61 Å². The van der Waals surface area contributed by atoms with E-state index in [2.05, 4.69) is 6.26 Å². The average Bonchev–Trinajstić information content (AvgIpc) is 2.14. The topological polar surface area (TPSA) is 9.23 Å². The standard InChI is InChI=1S/C5H10OS/c1-7-5-3-2-4-6-5/h5H,2-4H2,1H3/t5-/m0/s1. The van der Waals surface area contributed by atoms with E-state index in [1.807, 2.05) is 11.8 Å². The summed E-state index contributed by atoms with van der Waals surface area (Å²) in [6.45, 7) is 0.978. The van der Waals surface area contributed by atoms with Crippen molar-refractivity contribution in [1.29, 1.82) is 0 Å². The Bertz CT molecular complexity index is 50.0. The molecule has 1 nitrogen and oxygen atoms in total. The van der Waals surface area contributed by atoms with Crippen molar-refractivity contribution < 1.29 is 4.74 Å². The largest absolute Gasteiger partial charge is 0.368 e. The molecule has 1 heterocycles. The number of hydrogen-bond donors (Lipinski definition) is 0. The van der Waals surface area contributed by atoms with Gasteiger partial charge in [0.05, 0.1) is 0 Å². The number of rotatable bonds is 1. The molecule has 0 unspecified atom stereocenters. The Hall–Kier alpha value is 0.310. The van der Waals surface area contributed by atoms with E-state index < -0.39 is 0 Å². The molecule has 1 rings (SSSR count). The Morgan fingerprint density at radius 2 is 2.57 bits per heavy atom. The molecular formula is C5H10OS. The van der Waals surface area contributed by atoms with Crippen LogP contribution in [0.1, 0.15) is 12.8 Å². The van der Waals surface area contributed by atoms with Crippen LogP contribution in [0.2, 0.25) is 0 Å². The van der Waals surface area contributed by atoms with Crippen molar-refractivity contribution in [3.05, 3.63) is 0 Å². The molecule has 0 aromatic heterocycles. The normalized spacial score (nSPS) is 31.3. The maximum Gasteiger partial charge on any atom is 0.103 e. The summed E-state index contributed by atoms with van der Waals surface area (Å²) in [6.07, 6.45) is 4.60. The van der Waals surface area contributed by atoms with E-state index in [4.69, 9.17) is 4.74 Å². The third-order valence-corrected chi connectivity index (χ3v) is 2.05. The summed E-state index contributed by atoms with van der Waals surface area (Å²) in [5, 5.41) is 0. The van der Waals surface area contributed by atoms with Gasteiger partial charge >= 0.3 is 0 Å². The molecule has 1 aliphatic rings. The molecule has 0 saturated carbocycles. The van der Waals surface area contributed by atoms with Gasteiger partial charge in [-0.1, -0.05) is 0 Å². The predicted molar refractivity (Wildman–Crippen MR) is 32.5 cm³/mol. The second-order valence-corrected chi connectivity index (χ2v) is 2.68. The molecule has 7 heavy (non-hydrogen) atoms. The summed E-state index contributed by atoms with van der Waals surface area (Å²) in [5.74, 6) is 0. The van der Waals surface area contributed by atoms with Crippen LogP contribution >= 0.6 is 11.8 Å². The first-order valence-corrected chi connectivity index (χ1v) is 3.86. The molecule has 0 bridgehead atoms. The molecule has 42 valence electrons. The number of hydrogen-bond acceptors (Lipinski definition) is 2. The molecule has 1 atom stereocenters. The second-order valence-electron chi connectivity index (χ2n) is 1.68. The summed E-state index contributed by atoms with van der Waals surface area (Å²) in [5.41, 5.74) is 0.514. The Balaban J connectivity index is 2.14. The summed E-state index contributed by atoms with van der Waals surface area (Å²) >= 11 is 1.81. The zero-order valence-electron chi connectivity index (χ0n) is 4.52. The van der Waals surface area contributed by atoms with Gasteiger partial charge in [-0.2, -0.15) is 0 Å². The molecule has 2 heteroatoms. The summed E-state index contributed by atoms with van der Waals surface area (Å²) in [6, 6.07) is 0. The van der Waals surface area contributed by atoms with E-state index in [-0.39, 0.29) is 0 Å². The maximum absolute atomic E-state index is 5.27. The zero-order valence-corrected chi connectivity index (χ0v) is 5.33. The van der Waals surface area contributed by atoms with Gasteiger partial charge in [-0.15, -0.1) is 11.8 Å². The van der Waals surface area contributed by atoms with Gasteiger partial charge in [-0.05, 0) is 19.1 Å². The van der Waals surface area contributed by atoms with Crippen LogP contribution in [0.4, 0.5) is 0 Å². The highest BCUT2D eigenvalue weighted by Crippen LogP contribution is 2.20. The van der Waals surface area contributed by atoms with E-state index >= 15 is 0 Å². The van der Waals surface area contributed by atoms with Gasteiger partial charge in [0, 0.05) is 6.61 Å². The van der Waals surface area contributed by atoms with Crippen LogP contribution in [0.25, 0.3) is 0 Å². The number of thioether (sulfide) groups is 1. The second kappa shape index (κ2) is 2.58. The average molecular weight is 118 g/mol. The molecule has 0 spiro atoms. The Morgan fingerprint density at radius 1 is 1.71 bits per heavy atom. The highest BCUT2D eigenvalue weighted by atomic mass is 32.2. The predicted octanol–water partition coefficient (Wildman–Crippen LogP) is 1.49. The minimum absolute atomic E-state index is 0.514. The molecule has 0 aliphatic carbocycles. The Labute approximate surface area is 48.4 Å². The van der Waals surface area contributed by atoms with Crippen LogP contribution in [0.3, 0.4) is 0 Å². The van der Waals surface area contributed by atoms with E-state index in [1.54, 1.807) is 0 Å². The minimum Gasteiger partial charge on any atom is -0.368 e. The molecule has 1 saturated heterocycles. The van der Waals surface area contributed by atoms with Crippen LogP contribution in [0, 0.1) is 0 Å². The molecule has 1 aliphatic heterocycles. The molecule has 0 aromatic rings. The van der Waals surface area contributed by atoms with Crippen molar-refractivity contribution in [3.8, 4) is 0 Å². The fraction of sp³-hybridized carbons (Fsp3) is 1.00. The van der Waals surface area contributed by atoms with Crippen molar-refractivity contribution in [2.75, 3.05) is 12.9 Å². The third kappa shape index (κ3) is 1.35. The SMILES string of the molecule is CS[C@H]1CCCO1. The van der Waals surface area contributed by atoms with E-state index in [1.165, 1.54) is 12.8 Å². The van der Waals surface area contributed by atoms with Crippen molar-refractivity contribution in [2.24, 2.45) is 0 Å². The van der Waals surface area contributed by atoms with Crippen LogP contribution in [-0.2, 0) is 4.74 Å². The summed E-state index contributed by atoms with van der Waals surface area (Å²) in [7, 11) is 0. The third-order valence-electron chi connectivity index (χ3n) is 1.15. The first kappa shape index (κ1) is 5.45. The van der Waals surface area contributed by atoms with Crippen LogP contribution < -0.4 is 0 Å². The minimum atomic E-state index is 0.514. The van der Waals surface area contributed by atoms with Crippen molar-refractivity contribution in [2.45, 2.75) is 18.3 Å². The Kier molecular flexibility index (Phi) is 2.00. The number of ether oxygens (including phenoxy) is 1. The fourth-order valence-corrected chi connectivity index (χ4v) is 1.37. The zero-order chi connectivity index (χ0) is 5.11. The lowest BCUT2D eigenvalue weighted by atomic mass is 10.4. The first-order valence-electron chi connectivity index (χ1n) is 2.58. The van der Waals surface area contributed by atoms with Crippen molar-refractivity contribution in [3.63, 3.8) is 0 Å². The van der Waals surface area contributed by atoms with Crippen LogP contribution in [0.5, 0.6) is 0 Å². The fourth-order valence-electron chi connectivity index (χ4n) is 0.734. The first-order chi connectivity index (χ1) is 3.43.